The molecule has 110 valence electrons. The maximum absolute atomic E-state index is 12.4. The van der Waals surface area contributed by atoms with Crippen LogP contribution in [-0.4, -0.2) is 15.5 Å². The first-order chi connectivity index (χ1) is 10.3. The number of allylic oxidation sites excluding steroid dienone is 1. The first-order valence-electron chi connectivity index (χ1n) is 7.66. The summed E-state index contributed by atoms with van der Waals surface area (Å²) < 4.78 is 2.00. The molecule has 0 spiro atoms. The number of benzene rings is 1. The van der Waals surface area contributed by atoms with Gasteiger partial charge in [0, 0.05) is 12.5 Å². The van der Waals surface area contributed by atoms with Crippen molar-refractivity contribution in [2.24, 2.45) is 5.92 Å². The number of hydrogen-bond donors (Lipinski definition) is 1. The lowest BCUT2D eigenvalue weighted by molar-refractivity contribution is -0.120. The second kappa shape index (κ2) is 6.12. The fourth-order valence-electron chi connectivity index (χ4n) is 3.06. The Balaban J connectivity index is 1.86. The molecule has 1 fully saturated rings. The van der Waals surface area contributed by atoms with E-state index in [9.17, 15) is 4.79 Å². The smallest absolute Gasteiger partial charge is 0.229 e. The molecule has 3 rings (SSSR count). The van der Waals surface area contributed by atoms with Crippen LogP contribution in [0.5, 0.6) is 0 Å². The van der Waals surface area contributed by atoms with Crippen molar-refractivity contribution in [1.82, 2.24) is 9.55 Å². The monoisotopic (exact) mass is 283 g/mol. The number of aromatic nitrogens is 2. The standard InChI is InChI=1S/C17H21N3O/c1-2-12-20-15-11-7-6-10-14(15)18-17(20)19-16(21)13-8-4-3-5-9-13/h2,6-7,10-11,13H,1,3-5,8-9,12H2,(H,18,19,21). The molecule has 1 heterocycles. The average molecular weight is 283 g/mol. The minimum absolute atomic E-state index is 0.107. The number of carbonyl (C=O) groups excluding carboxylic acids is 1. The normalized spacial score (nSPS) is 16.0. The maximum Gasteiger partial charge on any atom is 0.229 e. The van der Waals surface area contributed by atoms with Gasteiger partial charge in [0.1, 0.15) is 0 Å². The largest absolute Gasteiger partial charge is 0.306 e. The minimum atomic E-state index is 0.107. The van der Waals surface area contributed by atoms with E-state index in [1.165, 1.54) is 6.42 Å². The van der Waals surface area contributed by atoms with E-state index in [1.807, 2.05) is 34.9 Å². The summed E-state index contributed by atoms with van der Waals surface area (Å²) in [6.45, 7) is 4.43. The number of rotatable bonds is 4. The number of carbonyl (C=O) groups is 1. The van der Waals surface area contributed by atoms with Crippen molar-refractivity contribution in [2.45, 2.75) is 38.6 Å². The molecule has 0 unspecified atom stereocenters. The third kappa shape index (κ3) is 2.84. The first kappa shape index (κ1) is 13.9. The Kier molecular flexibility index (Phi) is 4.04. The molecule has 1 aromatic heterocycles. The molecule has 0 bridgehead atoms. The van der Waals surface area contributed by atoms with Crippen molar-refractivity contribution in [3.8, 4) is 0 Å². The highest BCUT2D eigenvalue weighted by Gasteiger charge is 2.22. The molecule has 1 saturated carbocycles. The topological polar surface area (TPSA) is 46.9 Å². The predicted molar refractivity (Wildman–Crippen MR) is 85.1 cm³/mol. The molecule has 1 aliphatic carbocycles. The van der Waals surface area contributed by atoms with E-state index in [0.29, 0.717) is 12.5 Å². The molecule has 1 N–H and O–H groups in total. The molecule has 0 radical (unpaired) electrons. The van der Waals surface area contributed by atoms with Crippen LogP contribution < -0.4 is 5.32 Å². The number of nitrogens with one attached hydrogen (secondary N) is 1. The maximum atomic E-state index is 12.4. The molecule has 1 aliphatic rings. The molecule has 0 saturated heterocycles. The van der Waals surface area contributed by atoms with Gasteiger partial charge in [0.15, 0.2) is 0 Å². The van der Waals surface area contributed by atoms with Crippen molar-refractivity contribution >= 4 is 22.9 Å². The summed E-state index contributed by atoms with van der Waals surface area (Å²) in [4.78, 5) is 17.0. The Morgan fingerprint density at radius 3 is 2.86 bits per heavy atom. The SMILES string of the molecule is C=CCn1c(NC(=O)C2CCCCC2)nc2ccccc21. The third-order valence-corrected chi connectivity index (χ3v) is 4.18. The van der Waals surface area contributed by atoms with E-state index >= 15 is 0 Å². The Hall–Kier alpha value is -2.10. The fourth-order valence-corrected chi connectivity index (χ4v) is 3.06. The number of imidazole rings is 1. The van der Waals surface area contributed by atoms with Gasteiger partial charge in [0.05, 0.1) is 11.0 Å². The molecule has 2 aromatic rings. The van der Waals surface area contributed by atoms with E-state index in [2.05, 4.69) is 16.9 Å². The van der Waals surface area contributed by atoms with Crippen molar-refractivity contribution in [3.05, 3.63) is 36.9 Å². The fraction of sp³-hybridized carbons (Fsp3) is 0.412. The van der Waals surface area contributed by atoms with Crippen LogP contribution in [0.15, 0.2) is 36.9 Å². The summed E-state index contributed by atoms with van der Waals surface area (Å²) in [5.74, 6) is 0.873. The molecule has 1 aromatic carbocycles. The summed E-state index contributed by atoms with van der Waals surface area (Å²) in [5.41, 5.74) is 1.93. The zero-order chi connectivity index (χ0) is 14.7. The van der Waals surface area contributed by atoms with Crippen LogP contribution >= 0.6 is 0 Å². The molecule has 4 heteroatoms. The number of amides is 1. The van der Waals surface area contributed by atoms with Crippen LogP contribution in [0, 0.1) is 5.92 Å². The number of nitrogens with zero attached hydrogens (tertiary/aromatic N) is 2. The van der Waals surface area contributed by atoms with Gasteiger partial charge in [0.2, 0.25) is 11.9 Å². The Morgan fingerprint density at radius 2 is 2.10 bits per heavy atom. The highest BCUT2D eigenvalue weighted by atomic mass is 16.2. The van der Waals surface area contributed by atoms with Gasteiger partial charge in [-0.15, -0.1) is 6.58 Å². The number of fused-ring (bicyclic) bond motifs is 1. The predicted octanol–water partition coefficient (Wildman–Crippen LogP) is 3.74. The Labute approximate surface area is 124 Å². The van der Waals surface area contributed by atoms with Gasteiger partial charge in [0.25, 0.3) is 0 Å². The summed E-state index contributed by atoms with van der Waals surface area (Å²) in [6.07, 6.45) is 7.37. The second-order valence-electron chi connectivity index (χ2n) is 5.65. The molecule has 0 atom stereocenters. The highest BCUT2D eigenvalue weighted by molar-refractivity contribution is 5.93. The summed E-state index contributed by atoms with van der Waals surface area (Å²) >= 11 is 0. The molecule has 0 aliphatic heterocycles. The average Bonchev–Trinajstić information content (AvgIpc) is 2.86. The number of anilines is 1. The zero-order valence-electron chi connectivity index (χ0n) is 12.2. The lowest BCUT2D eigenvalue weighted by atomic mass is 9.89. The summed E-state index contributed by atoms with van der Waals surface area (Å²) in [5, 5.41) is 3.02. The third-order valence-electron chi connectivity index (χ3n) is 4.18. The molecular formula is C17H21N3O. The van der Waals surface area contributed by atoms with E-state index in [1.54, 1.807) is 0 Å². The van der Waals surface area contributed by atoms with Crippen LogP contribution in [0.4, 0.5) is 5.95 Å². The van der Waals surface area contributed by atoms with E-state index < -0.39 is 0 Å². The van der Waals surface area contributed by atoms with Crippen LogP contribution in [0.3, 0.4) is 0 Å². The molecule has 1 amide bonds. The second-order valence-corrected chi connectivity index (χ2v) is 5.65. The van der Waals surface area contributed by atoms with E-state index in [0.717, 1.165) is 36.7 Å². The van der Waals surface area contributed by atoms with Crippen molar-refractivity contribution in [3.63, 3.8) is 0 Å². The van der Waals surface area contributed by atoms with Gasteiger partial charge >= 0.3 is 0 Å². The van der Waals surface area contributed by atoms with Gasteiger partial charge in [-0.05, 0) is 25.0 Å². The zero-order valence-corrected chi connectivity index (χ0v) is 12.2. The Bertz CT molecular complexity index is 653. The van der Waals surface area contributed by atoms with Crippen molar-refractivity contribution in [2.75, 3.05) is 5.32 Å². The molecule has 4 nitrogen and oxygen atoms in total. The number of para-hydroxylation sites is 2. The summed E-state index contributed by atoms with van der Waals surface area (Å²) in [7, 11) is 0. The highest BCUT2D eigenvalue weighted by Crippen LogP contribution is 2.26. The van der Waals surface area contributed by atoms with Crippen LogP contribution in [-0.2, 0) is 11.3 Å². The quantitative estimate of drug-likeness (QED) is 0.869. The Morgan fingerprint density at radius 1 is 1.33 bits per heavy atom. The van der Waals surface area contributed by atoms with Gasteiger partial charge < -0.3 is 4.57 Å². The number of hydrogen-bond acceptors (Lipinski definition) is 2. The lowest BCUT2D eigenvalue weighted by Gasteiger charge is -2.20. The van der Waals surface area contributed by atoms with Gasteiger partial charge in [-0.3, -0.25) is 10.1 Å². The molecular weight excluding hydrogens is 262 g/mol. The first-order valence-corrected chi connectivity index (χ1v) is 7.66. The molecule has 21 heavy (non-hydrogen) atoms. The van der Waals surface area contributed by atoms with Crippen molar-refractivity contribution < 1.29 is 4.79 Å². The van der Waals surface area contributed by atoms with Crippen LogP contribution in [0.1, 0.15) is 32.1 Å². The van der Waals surface area contributed by atoms with Gasteiger partial charge in [-0.2, -0.15) is 0 Å². The lowest BCUT2D eigenvalue weighted by Crippen LogP contribution is -2.26. The van der Waals surface area contributed by atoms with Crippen LogP contribution in [0.25, 0.3) is 11.0 Å². The van der Waals surface area contributed by atoms with E-state index in [-0.39, 0.29) is 11.8 Å². The van der Waals surface area contributed by atoms with E-state index in [4.69, 9.17) is 0 Å². The van der Waals surface area contributed by atoms with Gasteiger partial charge in [-0.25, -0.2) is 4.98 Å². The van der Waals surface area contributed by atoms with Crippen molar-refractivity contribution in [1.29, 1.82) is 0 Å². The van der Waals surface area contributed by atoms with Gasteiger partial charge in [-0.1, -0.05) is 37.5 Å². The minimum Gasteiger partial charge on any atom is -0.306 e. The van der Waals surface area contributed by atoms with Crippen LogP contribution in [0.2, 0.25) is 0 Å². The summed E-state index contributed by atoms with van der Waals surface area (Å²) in [6, 6.07) is 7.92.